The first-order chi connectivity index (χ1) is 12.1. The Morgan fingerprint density at radius 1 is 0.960 bits per heavy atom. The summed E-state index contributed by atoms with van der Waals surface area (Å²) >= 11 is 0. The lowest BCUT2D eigenvalue weighted by atomic mass is 9.63. The first kappa shape index (κ1) is 17.8. The van der Waals surface area contributed by atoms with Gasteiger partial charge in [-0.3, -0.25) is 4.79 Å². The van der Waals surface area contributed by atoms with Crippen LogP contribution < -0.4 is 10.6 Å². The van der Waals surface area contributed by atoms with Gasteiger partial charge in [-0.2, -0.15) is 0 Å². The fourth-order valence-electron chi connectivity index (χ4n) is 6.92. The van der Waals surface area contributed by atoms with Crippen LogP contribution in [0.2, 0.25) is 0 Å². The summed E-state index contributed by atoms with van der Waals surface area (Å²) in [5.41, 5.74) is 0. The van der Waals surface area contributed by atoms with Gasteiger partial charge in [0.2, 0.25) is 5.91 Å². The Morgan fingerprint density at radius 2 is 1.68 bits per heavy atom. The molecule has 3 aliphatic carbocycles. The fraction of sp³-hybridized carbons (Fsp3) is 0.955. The lowest BCUT2D eigenvalue weighted by Gasteiger charge is -2.44. The predicted molar refractivity (Wildman–Crippen MR) is 102 cm³/mol. The maximum absolute atomic E-state index is 12.9. The predicted octanol–water partition coefficient (Wildman–Crippen LogP) is 4.26. The van der Waals surface area contributed by atoms with Crippen molar-refractivity contribution in [1.29, 1.82) is 0 Å². The molecule has 1 saturated heterocycles. The summed E-state index contributed by atoms with van der Waals surface area (Å²) < 4.78 is 0. The molecule has 3 saturated carbocycles. The number of hydrogen-bond acceptors (Lipinski definition) is 2. The molecule has 0 spiro atoms. The van der Waals surface area contributed by atoms with E-state index in [1.807, 2.05) is 0 Å². The molecule has 8 atom stereocenters. The van der Waals surface area contributed by atoms with Gasteiger partial charge in [-0.1, -0.05) is 45.4 Å². The largest absolute Gasteiger partial charge is 0.352 e. The Bertz CT molecular complexity index is 477. The molecule has 4 aliphatic rings. The minimum absolute atomic E-state index is 0.0590. The number of fused-ring (bicyclic) bond motifs is 2. The van der Waals surface area contributed by atoms with Crippen LogP contribution in [0.3, 0.4) is 0 Å². The summed E-state index contributed by atoms with van der Waals surface area (Å²) in [6, 6.07) is 0.987. The van der Waals surface area contributed by atoms with Gasteiger partial charge in [0.15, 0.2) is 0 Å². The van der Waals surface area contributed by atoms with E-state index in [1.165, 1.54) is 64.2 Å². The summed E-state index contributed by atoms with van der Waals surface area (Å²) in [5, 5.41) is 7.14. The van der Waals surface area contributed by atoms with Gasteiger partial charge in [0, 0.05) is 12.1 Å². The molecule has 0 aromatic carbocycles. The van der Waals surface area contributed by atoms with Crippen LogP contribution in [-0.2, 0) is 4.79 Å². The molecule has 142 valence electrons. The van der Waals surface area contributed by atoms with E-state index in [0.717, 1.165) is 30.1 Å². The van der Waals surface area contributed by atoms with E-state index in [0.29, 0.717) is 18.0 Å². The van der Waals surface area contributed by atoms with Crippen molar-refractivity contribution in [2.24, 2.45) is 29.6 Å². The van der Waals surface area contributed by atoms with E-state index < -0.39 is 0 Å². The molecule has 1 heterocycles. The normalized spacial score (nSPS) is 45.3. The van der Waals surface area contributed by atoms with Crippen molar-refractivity contribution in [3.05, 3.63) is 0 Å². The summed E-state index contributed by atoms with van der Waals surface area (Å²) in [6.45, 7) is 4.64. The number of carbonyl (C=O) groups is 1. The summed E-state index contributed by atoms with van der Waals surface area (Å²) in [4.78, 5) is 12.9. The second-order valence-electron chi connectivity index (χ2n) is 9.75. The minimum Gasteiger partial charge on any atom is -0.352 e. The maximum atomic E-state index is 12.9. The van der Waals surface area contributed by atoms with Crippen LogP contribution in [0.25, 0.3) is 0 Å². The van der Waals surface area contributed by atoms with Crippen molar-refractivity contribution in [2.45, 2.75) is 103 Å². The van der Waals surface area contributed by atoms with Crippen LogP contribution in [0.5, 0.6) is 0 Å². The van der Waals surface area contributed by atoms with Crippen LogP contribution >= 0.6 is 0 Å². The van der Waals surface area contributed by atoms with E-state index in [1.54, 1.807) is 0 Å². The average molecular weight is 347 g/mol. The number of carbonyl (C=O) groups excluding carboxylic acids is 1. The third kappa shape index (κ3) is 3.63. The lowest BCUT2D eigenvalue weighted by molar-refractivity contribution is -0.124. The number of nitrogens with one attached hydrogen (secondary N) is 2. The number of rotatable bonds is 3. The first-order valence-corrected chi connectivity index (χ1v) is 11.2. The van der Waals surface area contributed by atoms with E-state index in [-0.39, 0.29) is 11.9 Å². The van der Waals surface area contributed by atoms with E-state index in [2.05, 4.69) is 24.5 Å². The molecule has 0 radical (unpaired) electrons. The van der Waals surface area contributed by atoms with Crippen molar-refractivity contribution in [3.63, 3.8) is 0 Å². The Morgan fingerprint density at radius 3 is 2.52 bits per heavy atom. The standard InChI is InChI=1S/C22H38N2O/c1-14-7-5-10-17-13-20(24-21(14)17)22(25)23-15(2)18-12-6-9-16-8-3-4-11-19(16)18/h14-21,24H,3-13H2,1-2H3,(H,23,25). The van der Waals surface area contributed by atoms with Crippen LogP contribution in [-0.4, -0.2) is 24.0 Å². The Hall–Kier alpha value is -0.570. The van der Waals surface area contributed by atoms with Crippen molar-refractivity contribution in [1.82, 2.24) is 10.6 Å². The first-order valence-electron chi connectivity index (χ1n) is 11.2. The smallest absolute Gasteiger partial charge is 0.237 e. The van der Waals surface area contributed by atoms with Crippen LogP contribution in [0, 0.1) is 29.6 Å². The van der Waals surface area contributed by atoms with Gasteiger partial charge in [-0.15, -0.1) is 0 Å². The minimum atomic E-state index is 0.0590. The molecule has 0 aromatic heterocycles. The van der Waals surface area contributed by atoms with E-state index >= 15 is 0 Å². The van der Waals surface area contributed by atoms with Crippen molar-refractivity contribution >= 4 is 5.91 Å². The molecule has 3 heteroatoms. The highest BCUT2D eigenvalue weighted by atomic mass is 16.2. The highest BCUT2D eigenvalue weighted by Crippen LogP contribution is 2.45. The molecule has 0 bridgehead atoms. The zero-order valence-corrected chi connectivity index (χ0v) is 16.3. The third-order valence-corrected chi connectivity index (χ3v) is 8.25. The van der Waals surface area contributed by atoms with Crippen molar-refractivity contribution in [3.8, 4) is 0 Å². The number of amides is 1. The summed E-state index contributed by atoms with van der Waals surface area (Å²) in [5.74, 6) is 4.28. The van der Waals surface area contributed by atoms with Crippen LogP contribution in [0.15, 0.2) is 0 Å². The van der Waals surface area contributed by atoms with Gasteiger partial charge in [0.1, 0.15) is 0 Å². The Labute approximate surface area is 154 Å². The van der Waals surface area contributed by atoms with Crippen LogP contribution in [0.1, 0.15) is 84.5 Å². The molecule has 1 amide bonds. The quantitative estimate of drug-likeness (QED) is 0.801. The highest BCUT2D eigenvalue weighted by Gasteiger charge is 2.43. The van der Waals surface area contributed by atoms with Gasteiger partial charge in [-0.05, 0) is 68.6 Å². The topological polar surface area (TPSA) is 41.1 Å². The second kappa shape index (κ2) is 7.58. The molecule has 4 rings (SSSR count). The van der Waals surface area contributed by atoms with Gasteiger partial charge in [-0.25, -0.2) is 0 Å². The lowest BCUT2D eigenvalue weighted by Crippen LogP contribution is -2.51. The Kier molecular flexibility index (Phi) is 5.41. The zero-order valence-electron chi connectivity index (χ0n) is 16.3. The van der Waals surface area contributed by atoms with Gasteiger partial charge < -0.3 is 10.6 Å². The third-order valence-electron chi connectivity index (χ3n) is 8.25. The van der Waals surface area contributed by atoms with Crippen molar-refractivity contribution < 1.29 is 4.79 Å². The second-order valence-corrected chi connectivity index (χ2v) is 9.75. The monoisotopic (exact) mass is 346 g/mol. The van der Waals surface area contributed by atoms with E-state index in [4.69, 9.17) is 0 Å². The molecule has 0 aromatic rings. The van der Waals surface area contributed by atoms with E-state index in [9.17, 15) is 4.79 Å². The molecular weight excluding hydrogens is 308 g/mol. The molecule has 1 aliphatic heterocycles. The molecule has 8 unspecified atom stereocenters. The summed E-state index contributed by atoms with van der Waals surface area (Å²) in [7, 11) is 0. The maximum Gasteiger partial charge on any atom is 0.237 e. The fourth-order valence-corrected chi connectivity index (χ4v) is 6.92. The van der Waals surface area contributed by atoms with Crippen LogP contribution in [0.4, 0.5) is 0 Å². The summed E-state index contributed by atoms with van der Waals surface area (Å²) in [6.07, 6.45) is 14.9. The Balaban J connectivity index is 1.34. The highest BCUT2D eigenvalue weighted by molar-refractivity contribution is 5.82. The van der Waals surface area contributed by atoms with Gasteiger partial charge >= 0.3 is 0 Å². The zero-order chi connectivity index (χ0) is 17.4. The molecule has 25 heavy (non-hydrogen) atoms. The molecule has 3 nitrogen and oxygen atoms in total. The van der Waals surface area contributed by atoms with Gasteiger partial charge in [0.25, 0.3) is 0 Å². The molecule has 2 N–H and O–H groups in total. The van der Waals surface area contributed by atoms with Crippen molar-refractivity contribution in [2.75, 3.05) is 0 Å². The molecular formula is C22H38N2O. The number of hydrogen-bond donors (Lipinski definition) is 2. The molecule has 4 fully saturated rings. The SMILES string of the molecule is CC1CCCC2CC(C(=O)NC(C)C3CCCC4CCCCC43)NC12. The average Bonchev–Trinajstić information content (AvgIpc) is 3.07. The van der Waals surface area contributed by atoms with Gasteiger partial charge in [0.05, 0.1) is 6.04 Å².